The summed E-state index contributed by atoms with van der Waals surface area (Å²) in [5.74, 6) is 0.536. The van der Waals surface area contributed by atoms with Crippen LogP contribution in [0.1, 0.15) is 16.8 Å². The van der Waals surface area contributed by atoms with E-state index in [-0.39, 0.29) is 12.4 Å². The lowest BCUT2D eigenvalue weighted by Crippen LogP contribution is -2.06. The second-order valence-corrected chi connectivity index (χ2v) is 4.81. The van der Waals surface area contributed by atoms with E-state index >= 15 is 0 Å². The number of Topliss-reactive ketones (excluding diaryl/α,β-unsaturated/α-hetero) is 1. The lowest BCUT2D eigenvalue weighted by molar-refractivity contribution is 0.0962. The first kappa shape index (κ1) is 13.9. The van der Waals surface area contributed by atoms with Gasteiger partial charge in [-0.05, 0) is 12.1 Å². The molecule has 0 amide bonds. The average Bonchev–Trinajstić information content (AvgIpc) is 2.43. The fourth-order valence-electron chi connectivity index (χ4n) is 1.61. The van der Waals surface area contributed by atoms with Crippen LogP contribution < -0.4 is 4.74 Å². The second-order valence-electron chi connectivity index (χ2n) is 3.96. The van der Waals surface area contributed by atoms with Crippen molar-refractivity contribution >= 4 is 29.0 Å². The van der Waals surface area contributed by atoms with Gasteiger partial charge in [0.05, 0.1) is 11.6 Å². The number of ether oxygens (including phenoxy) is 1. The van der Waals surface area contributed by atoms with Crippen molar-refractivity contribution in [2.75, 3.05) is 6.61 Å². The van der Waals surface area contributed by atoms with Crippen LogP contribution in [0.25, 0.3) is 0 Å². The maximum absolute atomic E-state index is 11.8. The lowest BCUT2D eigenvalue weighted by Gasteiger charge is -2.08. The van der Waals surface area contributed by atoms with E-state index in [1.54, 1.807) is 30.3 Å². The molecule has 0 spiro atoms. The second kappa shape index (κ2) is 6.60. The summed E-state index contributed by atoms with van der Waals surface area (Å²) in [5.41, 5.74) is 0.684. The Morgan fingerprint density at radius 1 is 1.05 bits per heavy atom. The van der Waals surface area contributed by atoms with E-state index < -0.39 is 0 Å². The molecule has 0 aliphatic carbocycles. The Hall–Kier alpha value is -1.51. The highest BCUT2D eigenvalue weighted by atomic mass is 35.5. The zero-order chi connectivity index (χ0) is 13.7. The number of rotatable bonds is 5. The summed E-state index contributed by atoms with van der Waals surface area (Å²) in [4.78, 5) is 11.8. The van der Waals surface area contributed by atoms with E-state index in [4.69, 9.17) is 27.9 Å². The van der Waals surface area contributed by atoms with Gasteiger partial charge in [0.15, 0.2) is 5.78 Å². The van der Waals surface area contributed by atoms with Crippen LogP contribution in [-0.4, -0.2) is 12.4 Å². The first-order chi connectivity index (χ1) is 9.16. The summed E-state index contributed by atoms with van der Waals surface area (Å²) in [5, 5.41) is 1.03. The van der Waals surface area contributed by atoms with Crippen LogP contribution >= 0.6 is 23.2 Å². The lowest BCUT2D eigenvalue weighted by atomic mass is 10.1. The quantitative estimate of drug-likeness (QED) is 0.751. The number of carbonyl (C=O) groups excluding carboxylic acids is 1. The number of hydrogen-bond donors (Lipinski definition) is 0. The van der Waals surface area contributed by atoms with Crippen molar-refractivity contribution in [1.82, 2.24) is 0 Å². The van der Waals surface area contributed by atoms with Crippen molar-refractivity contribution in [1.29, 1.82) is 0 Å². The van der Waals surface area contributed by atoms with Gasteiger partial charge in [0.2, 0.25) is 0 Å². The molecule has 0 unspecified atom stereocenters. The van der Waals surface area contributed by atoms with E-state index in [1.807, 2.05) is 18.2 Å². The zero-order valence-electron chi connectivity index (χ0n) is 10.1. The maximum Gasteiger partial charge on any atom is 0.166 e. The molecule has 2 aromatic rings. The van der Waals surface area contributed by atoms with Crippen molar-refractivity contribution in [3.8, 4) is 5.75 Å². The van der Waals surface area contributed by atoms with E-state index in [1.165, 1.54) is 0 Å². The third-order valence-corrected chi connectivity index (χ3v) is 3.12. The first-order valence-electron chi connectivity index (χ1n) is 5.83. The molecule has 19 heavy (non-hydrogen) atoms. The Balaban J connectivity index is 1.90. The largest absolute Gasteiger partial charge is 0.492 e. The molecular formula is C15H12Cl2O2. The van der Waals surface area contributed by atoms with Crippen LogP contribution in [-0.2, 0) is 0 Å². The topological polar surface area (TPSA) is 26.3 Å². The van der Waals surface area contributed by atoms with Gasteiger partial charge in [-0.2, -0.15) is 0 Å². The Labute approximate surface area is 121 Å². The minimum atomic E-state index is 0.0405. The summed E-state index contributed by atoms with van der Waals surface area (Å²) < 4.78 is 5.47. The summed E-state index contributed by atoms with van der Waals surface area (Å²) in [7, 11) is 0. The van der Waals surface area contributed by atoms with Crippen LogP contribution in [0.4, 0.5) is 0 Å². The summed E-state index contributed by atoms with van der Waals surface area (Å²) in [6, 6.07) is 14.1. The smallest absolute Gasteiger partial charge is 0.166 e. The highest BCUT2D eigenvalue weighted by Gasteiger charge is 2.07. The third-order valence-electron chi connectivity index (χ3n) is 2.58. The Morgan fingerprint density at radius 3 is 2.53 bits per heavy atom. The van der Waals surface area contributed by atoms with E-state index in [0.717, 1.165) is 0 Å². The number of ketones is 1. The van der Waals surface area contributed by atoms with Crippen molar-refractivity contribution < 1.29 is 9.53 Å². The van der Waals surface area contributed by atoms with Gasteiger partial charge in [-0.3, -0.25) is 4.79 Å². The third kappa shape index (κ3) is 3.98. The molecule has 0 radical (unpaired) electrons. The average molecular weight is 295 g/mol. The fraction of sp³-hybridized carbons (Fsp3) is 0.133. The molecule has 0 saturated carbocycles. The van der Waals surface area contributed by atoms with Crippen LogP contribution in [0.5, 0.6) is 5.75 Å². The number of halogens is 2. The van der Waals surface area contributed by atoms with E-state index in [9.17, 15) is 4.79 Å². The molecule has 0 N–H and O–H groups in total. The molecule has 4 heteroatoms. The first-order valence-corrected chi connectivity index (χ1v) is 6.58. The molecule has 0 saturated heterocycles. The Kier molecular flexibility index (Phi) is 4.83. The molecule has 0 aromatic heterocycles. The van der Waals surface area contributed by atoms with E-state index in [2.05, 4.69) is 0 Å². The van der Waals surface area contributed by atoms with Crippen molar-refractivity contribution in [2.24, 2.45) is 0 Å². The zero-order valence-corrected chi connectivity index (χ0v) is 11.6. The van der Waals surface area contributed by atoms with Crippen molar-refractivity contribution in [3.63, 3.8) is 0 Å². The Bertz CT molecular complexity index is 568. The minimum absolute atomic E-state index is 0.0405. The van der Waals surface area contributed by atoms with Gasteiger partial charge < -0.3 is 4.74 Å². The highest BCUT2D eigenvalue weighted by molar-refractivity contribution is 6.34. The molecule has 98 valence electrons. The summed E-state index contributed by atoms with van der Waals surface area (Å²) in [6.45, 7) is 0.272. The molecule has 0 atom stereocenters. The molecule has 0 heterocycles. The van der Waals surface area contributed by atoms with Gasteiger partial charge in [-0.15, -0.1) is 0 Å². The van der Waals surface area contributed by atoms with Gasteiger partial charge >= 0.3 is 0 Å². The fourth-order valence-corrected chi connectivity index (χ4v) is 1.94. The van der Waals surface area contributed by atoms with Gasteiger partial charge in [0, 0.05) is 23.1 Å². The van der Waals surface area contributed by atoms with E-state index in [0.29, 0.717) is 27.8 Å². The molecule has 2 rings (SSSR count). The van der Waals surface area contributed by atoms with Gasteiger partial charge in [0.25, 0.3) is 0 Å². The predicted molar refractivity (Wildman–Crippen MR) is 77.3 cm³/mol. The monoisotopic (exact) mass is 294 g/mol. The normalized spacial score (nSPS) is 10.2. The maximum atomic E-state index is 11.8. The van der Waals surface area contributed by atoms with Crippen molar-refractivity contribution in [3.05, 3.63) is 64.1 Å². The van der Waals surface area contributed by atoms with Gasteiger partial charge in [-0.25, -0.2) is 0 Å². The molecule has 2 nitrogen and oxygen atoms in total. The summed E-state index contributed by atoms with van der Waals surface area (Å²) >= 11 is 11.8. The molecule has 0 aliphatic rings. The molecule has 2 aromatic carbocycles. The van der Waals surface area contributed by atoms with Crippen LogP contribution in [0.2, 0.25) is 10.0 Å². The van der Waals surface area contributed by atoms with Gasteiger partial charge in [-0.1, -0.05) is 53.5 Å². The molecular weight excluding hydrogens is 283 g/mol. The van der Waals surface area contributed by atoms with Crippen LogP contribution in [0.3, 0.4) is 0 Å². The standard InChI is InChI=1S/C15H12Cl2O2/c16-12-6-7-13(17)15(10-12)19-9-8-14(18)11-4-2-1-3-5-11/h1-7,10H,8-9H2. The SMILES string of the molecule is O=C(CCOc1cc(Cl)ccc1Cl)c1ccccc1. The van der Waals surface area contributed by atoms with Gasteiger partial charge in [0.1, 0.15) is 5.75 Å². The molecule has 0 aliphatic heterocycles. The number of hydrogen-bond acceptors (Lipinski definition) is 2. The van der Waals surface area contributed by atoms with Crippen LogP contribution in [0, 0.1) is 0 Å². The molecule has 0 bridgehead atoms. The predicted octanol–water partition coefficient (Wildman–Crippen LogP) is 4.65. The van der Waals surface area contributed by atoms with Crippen molar-refractivity contribution in [2.45, 2.75) is 6.42 Å². The molecule has 0 fully saturated rings. The Morgan fingerprint density at radius 2 is 1.79 bits per heavy atom. The number of benzene rings is 2. The van der Waals surface area contributed by atoms with Crippen LogP contribution in [0.15, 0.2) is 48.5 Å². The number of carbonyl (C=O) groups is 1. The minimum Gasteiger partial charge on any atom is -0.492 e. The summed E-state index contributed by atoms with van der Waals surface area (Å²) in [6.07, 6.45) is 0.298. The highest BCUT2D eigenvalue weighted by Crippen LogP contribution is 2.27.